The van der Waals surface area contributed by atoms with Crippen molar-refractivity contribution in [3.63, 3.8) is 0 Å². The van der Waals surface area contributed by atoms with Crippen LogP contribution in [0.1, 0.15) is 58.8 Å². The topological polar surface area (TPSA) is 12.5 Å². The minimum atomic E-state index is -0.0269. The van der Waals surface area contributed by atoms with E-state index < -0.39 is 0 Å². The Morgan fingerprint density at radius 1 is 1.36 bits per heavy atom. The molecule has 3 aliphatic rings. The van der Waals surface area contributed by atoms with Crippen molar-refractivity contribution in [2.45, 2.75) is 70.4 Å². The van der Waals surface area contributed by atoms with Gasteiger partial charge in [-0.3, -0.25) is 0 Å². The van der Waals surface area contributed by atoms with Gasteiger partial charge in [0.2, 0.25) is 0 Å². The SMILES string of the molecule is CCC(C)C1=CC2CC2(O/C=C/N(C)C2CCCCC2)C=C1. The van der Waals surface area contributed by atoms with Crippen molar-refractivity contribution < 1.29 is 4.74 Å². The summed E-state index contributed by atoms with van der Waals surface area (Å²) in [6, 6.07) is 0.708. The van der Waals surface area contributed by atoms with Crippen molar-refractivity contribution in [3.8, 4) is 0 Å². The molecule has 0 aromatic heterocycles. The third-order valence-corrected chi connectivity index (χ3v) is 5.87. The van der Waals surface area contributed by atoms with E-state index in [-0.39, 0.29) is 5.60 Å². The van der Waals surface area contributed by atoms with Gasteiger partial charge in [-0.15, -0.1) is 0 Å². The van der Waals surface area contributed by atoms with E-state index in [1.54, 1.807) is 0 Å². The molecular weight excluding hydrogens is 270 g/mol. The Kier molecular flexibility index (Phi) is 4.65. The van der Waals surface area contributed by atoms with E-state index in [1.807, 2.05) is 6.26 Å². The summed E-state index contributed by atoms with van der Waals surface area (Å²) < 4.78 is 6.11. The second-order valence-electron chi connectivity index (χ2n) is 7.44. The molecule has 0 amide bonds. The van der Waals surface area contributed by atoms with Gasteiger partial charge in [0.15, 0.2) is 0 Å². The molecule has 0 aliphatic heterocycles. The molecule has 2 heteroatoms. The molecule has 3 unspecified atom stereocenters. The predicted molar refractivity (Wildman–Crippen MR) is 92.4 cm³/mol. The summed E-state index contributed by atoms with van der Waals surface area (Å²) in [7, 11) is 2.19. The first kappa shape index (κ1) is 15.7. The lowest BCUT2D eigenvalue weighted by atomic mass is 9.93. The van der Waals surface area contributed by atoms with Gasteiger partial charge in [0.05, 0.1) is 0 Å². The van der Waals surface area contributed by atoms with E-state index >= 15 is 0 Å². The highest BCUT2D eigenvalue weighted by Crippen LogP contribution is 2.52. The first-order valence-corrected chi connectivity index (χ1v) is 9.12. The van der Waals surface area contributed by atoms with Crippen molar-refractivity contribution >= 4 is 0 Å². The number of hydrogen-bond acceptors (Lipinski definition) is 2. The Hall–Kier alpha value is -1.18. The van der Waals surface area contributed by atoms with E-state index in [1.165, 1.54) is 44.1 Å². The summed E-state index contributed by atoms with van der Waals surface area (Å²) in [5, 5.41) is 0. The standard InChI is InChI=1S/C20H31NO/c1-4-16(2)17-10-11-20(15-18(20)14-17)22-13-12-21(3)19-8-6-5-7-9-19/h10-14,16,18-19H,4-9,15H2,1-3H3/b13-12+. The number of allylic oxidation sites excluding steroid dienone is 2. The molecule has 22 heavy (non-hydrogen) atoms. The molecular formula is C20H31NO. The highest BCUT2D eigenvalue weighted by molar-refractivity contribution is 5.39. The molecule has 0 aromatic rings. The fraction of sp³-hybridized carbons (Fsp3) is 0.700. The number of nitrogens with zero attached hydrogens (tertiary/aromatic N) is 1. The fourth-order valence-electron chi connectivity index (χ4n) is 3.80. The average Bonchev–Trinajstić information content (AvgIpc) is 3.28. The molecule has 2 saturated carbocycles. The number of fused-ring (bicyclic) bond motifs is 1. The third-order valence-electron chi connectivity index (χ3n) is 5.87. The predicted octanol–water partition coefficient (Wildman–Crippen LogP) is 5.04. The Balaban J connectivity index is 1.50. The van der Waals surface area contributed by atoms with Crippen LogP contribution < -0.4 is 0 Å². The smallest absolute Gasteiger partial charge is 0.134 e. The van der Waals surface area contributed by atoms with Crippen LogP contribution >= 0.6 is 0 Å². The quantitative estimate of drug-likeness (QED) is 0.637. The van der Waals surface area contributed by atoms with Gasteiger partial charge in [0.25, 0.3) is 0 Å². The Morgan fingerprint density at radius 2 is 2.14 bits per heavy atom. The molecule has 0 heterocycles. The van der Waals surface area contributed by atoms with Gasteiger partial charge in [0, 0.05) is 31.6 Å². The second-order valence-corrected chi connectivity index (χ2v) is 7.44. The maximum absolute atomic E-state index is 6.11. The van der Waals surface area contributed by atoms with Crippen molar-refractivity contribution in [3.05, 3.63) is 36.3 Å². The molecule has 0 aromatic carbocycles. The molecule has 3 atom stereocenters. The molecule has 0 radical (unpaired) electrons. The van der Waals surface area contributed by atoms with Crippen LogP contribution in [0, 0.1) is 11.8 Å². The maximum Gasteiger partial charge on any atom is 0.134 e. The zero-order valence-corrected chi connectivity index (χ0v) is 14.4. The molecule has 0 bridgehead atoms. The van der Waals surface area contributed by atoms with Crippen molar-refractivity contribution in [1.29, 1.82) is 0 Å². The average molecular weight is 301 g/mol. The molecule has 3 aliphatic carbocycles. The van der Waals surface area contributed by atoms with E-state index in [2.05, 4.69) is 50.2 Å². The molecule has 0 saturated heterocycles. The van der Waals surface area contributed by atoms with Crippen LogP contribution in [0.2, 0.25) is 0 Å². The lowest BCUT2D eigenvalue weighted by Crippen LogP contribution is -2.29. The van der Waals surface area contributed by atoms with Crippen LogP contribution in [0.5, 0.6) is 0 Å². The molecule has 2 fully saturated rings. The van der Waals surface area contributed by atoms with Gasteiger partial charge in [-0.2, -0.15) is 0 Å². The summed E-state index contributed by atoms with van der Waals surface area (Å²) in [5.74, 6) is 1.26. The first-order valence-electron chi connectivity index (χ1n) is 9.12. The van der Waals surface area contributed by atoms with Crippen LogP contribution in [-0.4, -0.2) is 23.6 Å². The van der Waals surface area contributed by atoms with Gasteiger partial charge < -0.3 is 9.64 Å². The number of rotatable bonds is 6. The van der Waals surface area contributed by atoms with Gasteiger partial charge in [-0.1, -0.05) is 45.3 Å². The Morgan fingerprint density at radius 3 is 2.82 bits per heavy atom. The van der Waals surface area contributed by atoms with E-state index in [0.29, 0.717) is 17.9 Å². The summed E-state index contributed by atoms with van der Waals surface area (Å²) in [4.78, 5) is 2.35. The lowest BCUT2D eigenvalue weighted by Gasteiger charge is -2.30. The minimum Gasteiger partial charge on any atom is -0.489 e. The van der Waals surface area contributed by atoms with Crippen molar-refractivity contribution in [1.82, 2.24) is 4.90 Å². The minimum absolute atomic E-state index is 0.0269. The lowest BCUT2D eigenvalue weighted by molar-refractivity contribution is 0.147. The summed E-state index contributed by atoms with van der Waals surface area (Å²) in [6.07, 6.45) is 20.3. The van der Waals surface area contributed by atoms with Crippen LogP contribution in [-0.2, 0) is 4.74 Å². The Bertz CT molecular complexity index is 472. The van der Waals surface area contributed by atoms with Crippen LogP contribution in [0.15, 0.2) is 36.3 Å². The number of hydrogen-bond donors (Lipinski definition) is 0. The van der Waals surface area contributed by atoms with Crippen molar-refractivity contribution in [2.75, 3.05) is 7.05 Å². The van der Waals surface area contributed by atoms with Crippen molar-refractivity contribution in [2.24, 2.45) is 11.8 Å². The number of ether oxygens (including phenoxy) is 1. The zero-order valence-electron chi connectivity index (χ0n) is 14.4. The van der Waals surface area contributed by atoms with Crippen LogP contribution in [0.3, 0.4) is 0 Å². The summed E-state index contributed by atoms with van der Waals surface area (Å²) in [6.45, 7) is 4.57. The van der Waals surface area contributed by atoms with E-state index in [0.717, 1.165) is 6.42 Å². The van der Waals surface area contributed by atoms with Gasteiger partial charge in [-0.25, -0.2) is 0 Å². The van der Waals surface area contributed by atoms with Gasteiger partial charge in [-0.05, 0) is 36.8 Å². The van der Waals surface area contributed by atoms with Crippen LogP contribution in [0.4, 0.5) is 0 Å². The molecule has 3 rings (SSSR count). The fourth-order valence-corrected chi connectivity index (χ4v) is 3.80. The maximum atomic E-state index is 6.11. The summed E-state index contributed by atoms with van der Waals surface area (Å²) in [5.41, 5.74) is 1.47. The molecule has 2 nitrogen and oxygen atoms in total. The van der Waals surface area contributed by atoms with Gasteiger partial charge >= 0.3 is 0 Å². The monoisotopic (exact) mass is 301 g/mol. The van der Waals surface area contributed by atoms with Crippen LogP contribution in [0.25, 0.3) is 0 Å². The summed E-state index contributed by atoms with van der Waals surface area (Å²) >= 11 is 0. The Labute approximate surface area is 135 Å². The third kappa shape index (κ3) is 3.26. The molecule has 122 valence electrons. The highest BCUT2D eigenvalue weighted by Gasteiger charge is 2.54. The normalized spacial score (nSPS) is 32.5. The molecule has 0 N–H and O–H groups in total. The zero-order chi connectivity index (χ0) is 15.6. The largest absolute Gasteiger partial charge is 0.489 e. The van der Waals surface area contributed by atoms with E-state index in [4.69, 9.17) is 4.74 Å². The first-order chi connectivity index (χ1) is 10.6. The highest BCUT2D eigenvalue weighted by atomic mass is 16.5. The van der Waals surface area contributed by atoms with Gasteiger partial charge in [0.1, 0.15) is 11.9 Å². The molecule has 0 spiro atoms. The van der Waals surface area contributed by atoms with E-state index in [9.17, 15) is 0 Å². The second kappa shape index (κ2) is 6.52.